The molecule has 2 N–H and O–H groups in total. The molecule has 0 bridgehead atoms. The smallest absolute Gasteiger partial charge is 0.331 e. The van der Waals surface area contributed by atoms with Gasteiger partial charge in [0.2, 0.25) is 5.82 Å². The molecule has 0 unspecified atom stereocenters. The zero-order valence-corrected chi connectivity index (χ0v) is 25.4. The fourth-order valence-corrected chi connectivity index (χ4v) is 5.41. The number of aliphatic imine (C=N–C) groups is 1. The summed E-state index contributed by atoms with van der Waals surface area (Å²) in [7, 11) is 0. The number of carbonyl (C=O) groups is 2. The number of nitrogens with zero attached hydrogens (tertiary/aromatic N) is 3. The molecule has 1 aliphatic heterocycles. The maximum Gasteiger partial charge on any atom is 0.331 e. The summed E-state index contributed by atoms with van der Waals surface area (Å²) in [6, 6.07) is 20.7. The molecule has 0 radical (unpaired) electrons. The SMILES string of the molecule is O=C(O)[C@H](N=C(c1ccccc1)c1ccccc1[N-]C(=O)[C@@H]1CCCN1Cc1ccccc1)[C@@H](O)c1c(F)c(F)c(F)c(F)c1F.[Ni]. The predicted molar refractivity (Wildman–Crippen MR) is 159 cm³/mol. The van der Waals surface area contributed by atoms with Gasteiger partial charge in [0.05, 0.1) is 23.2 Å². The zero-order chi connectivity index (χ0) is 33.0. The number of rotatable bonds is 10. The number of amides is 1. The molecule has 0 aromatic heterocycles. The van der Waals surface area contributed by atoms with Crippen molar-refractivity contribution in [3.63, 3.8) is 0 Å². The van der Waals surface area contributed by atoms with E-state index in [0.29, 0.717) is 19.5 Å². The van der Waals surface area contributed by atoms with Gasteiger partial charge in [-0.15, -0.1) is 5.69 Å². The Bertz CT molecular complexity index is 1750. The standard InChI is InChI=1S/C34H28F5N3O4.Ni/c35-25-24(26(36)28(38)29(39)27(25)37)32(43)31(34(45)46)41-30(20-12-5-2-6-13-20)21-14-7-8-15-22(21)40-33(44)23-16-9-17-42(23)18-19-10-3-1-4-11-19;/h1-8,10-15,23,31-32,43H,9,16-18H2,(H2,40,41,44,45,46);/p-1/t23-,31+,32-;/m0./s1. The first-order valence-electron chi connectivity index (χ1n) is 14.3. The van der Waals surface area contributed by atoms with Crippen molar-refractivity contribution in [2.75, 3.05) is 6.54 Å². The molecule has 0 saturated carbocycles. The van der Waals surface area contributed by atoms with Crippen LogP contribution in [0.2, 0.25) is 0 Å². The molecular weight excluding hydrogens is 668 g/mol. The summed E-state index contributed by atoms with van der Waals surface area (Å²) in [6.45, 7) is 1.20. The van der Waals surface area contributed by atoms with Gasteiger partial charge in [0.15, 0.2) is 29.3 Å². The first-order valence-corrected chi connectivity index (χ1v) is 14.3. The Balaban J connectivity index is 0.00000500. The summed E-state index contributed by atoms with van der Waals surface area (Å²) < 4.78 is 70.8. The maximum absolute atomic E-state index is 14.6. The second kappa shape index (κ2) is 15.4. The van der Waals surface area contributed by atoms with Gasteiger partial charge in [-0.25, -0.2) is 26.7 Å². The van der Waals surface area contributed by atoms with E-state index in [2.05, 4.69) is 10.3 Å². The number of carboxylic acids is 1. The third kappa shape index (κ3) is 7.59. The Hall–Kier alpha value is -4.45. The van der Waals surface area contributed by atoms with E-state index < -0.39 is 64.7 Å². The van der Waals surface area contributed by atoms with E-state index in [-0.39, 0.29) is 39.0 Å². The van der Waals surface area contributed by atoms with Crippen LogP contribution in [0.3, 0.4) is 0 Å². The van der Waals surface area contributed by atoms with Gasteiger partial charge in [-0.05, 0) is 30.5 Å². The van der Waals surface area contributed by atoms with E-state index in [1.54, 1.807) is 30.3 Å². The van der Waals surface area contributed by atoms with Crippen LogP contribution < -0.4 is 0 Å². The average molecular weight is 695 g/mol. The summed E-state index contributed by atoms with van der Waals surface area (Å²) in [5, 5.41) is 25.1. The summed E-state index contributed by atoms with van der Waals surface area (Å²) >= 11 is 0. The molecule has 1 saturated heterocycles. The summed E-state index contributed by atoms with van der Waals surface area (Å²) in [5.74, 6) is -14.3. The molecule has 13 heteroatoms. The van der Waals surface area contributed by atoms with Crippen LogP contribution in [0.15, 0.2) is 89.9 Å². The molecule has 3 atom stereocenters. The number of carbonyl (C=O) groups excluding carboxylic acids is 1. The molecule has 7 nitrogen and oxygen atoms in total. The largest absolute Gasteiger partial charge is 0.625 e. The predicted octanol–water partition coefficient (Wildman–Crippen LogP) is 6.60. The molecule has 0 spiro atoms. The van der Waals surface area contributed by atoms with Crippen LogP contribution in [0.25, 0.3) is 5.32 Å². The summed E-state index contributed by atoms with van der Waals surface area (Å²) in [5.41, 5.74) is -0.390. The van der Waals surface area contributed by atoms with Gasteiger partial charge in [0.25, 0.3) is 0 Å². The number of likely N-dealkylation sites (tertiary alicyclic amines) is 1. The van der Waals surface area contributed by atoms with Gasteiger partial charge in [-0.1, -0.05) is 84.9 Å². The van der Waals surface area contributed by atoms with Crippen LogP contribution in [-0.4, -0.2) is 51.3 Å². The van der Waals surface area contributed by atoms with Crippen molar-refractivity contribution in [1.29, 1.82) is 0 Å². The molecule has 4 aromatic carbocycles. The number of hydrogen-bond acceptors (Lipinski definition) is 5. The van der Waals surface area contributed by atoms with Crippen LogP contribution >= 0.6 is 0 Å². The molecule has 1 amide bonds. The molecule has 4 aromatic rings. The van der Waals surface area contributed by atoms with Crippen LogP contribution in [0.5, 0.6) is 0 Å². The summed E-state index contributed by atoms with van der Waals surface area (Å²) in [4.78, 5) is 32.0. The quantitative estimate of drug-likeness (QED) is 0.0640. The van der Waals surface area contributed by atoms with Crippen molar-refractivity contribution in [3.8, 4) is 0 Å². The van der Waals surface area contributed by atoms with Gasteiger partial charge in [0, 0.05) is 28.6 Å². The Morgan fingerprint density at radius 1 is 0.830 bits per heavy atom. The molecular formula is C34H27F5N3NiO4-. The molecule has 248 valence electrons. The number of para-hydroxylation sites is 1. The topological polar surface area (TPSA) is 104 Å². The van der Waals surface area contributed by atoms with Crippen LogP contribution in [0.1, 0.15) is 41.2 Å². The fraction of sp³-hybridized carbons (Fsp3) is 0.206. The monoisotopic (exact) mass is 694 g/mol. The van der Waals surface area contributed by atoms with Gasteiger partial charge in [-0.2, -0.15) is 0 Å². The number of carboxylic acid groups (broad SMARTS) is 1. The molecule has 1 heterocycles. The zero-order valence-electron chi connectivity index (χ0n) is 24.4. The van der Waals surface area contributed by atoms with E-state index in [1.165, 1.54) is 24.3 Å². The number of aliphatic hydroxyl groups is 1. The average Bonchev–Trinajstić information content (AvgIpc) is 3.53. The molecule has 5 rings (SSSR count). The van der Waals surface area contributed by atoms with Crippen molar-refractivity contribution in [1.82, 2.24) is 4.90 Å². The van der Waals surface area contributed by atoms with E-state index >= 15 is 0 Å². The van der Waals surface area contributed by atoms with Crippen LogP contribution in [0, 0.1) is 29.1 Å². The van der Waals surface area contributed by atoms with Crippen molar-refractivity contribution >= 4 is 23.3 Å². The van der Waals surface area contributed by atoms with Gasteiger partial charge < -0.3 is 20.3 Å². The second-order valence-electron chi connectivity index (χ2n) is 10.6. The number of benzene rings is 4. The Kier molecular flexibility index (Phi) is 11.6. The number of aliphatic carboxylic acids is 1. The van der Waals surface area contributed by atoms with E-state index in [9.17, 15) is 41.8 Å². The number of halogens is 5. The molecule has 47 heavy (non-hydrogen) atoms. The Labute approximate surface area is 276 Å². The third-order valence-electron chi connectivity index (χ3n) is 7.67. The first kappa shape index (κ1) is 35.4. The molecule has 1 aliphatic rings. The third-order valence-corrected chi connectivity index (χ3v) is 7.67. The summed E-state index contributed by atoms with van der Waals surface area (Å²) in [6.07, 6.45) is -1.46. The maximum atomic E-state index is 14.6. The number of aliphatic hydroxyl groups excluding tert-OH is 1. The minimum Gasteiger partial charge on any atom is -0.625 e. The minimum atomic E-state index is -2.79. The van der Waals surface area contributed by atoms with Crippen molar-refractivity contribution in [2.45, 2.75) is 37.6 Å². The van der Waals surface area contributed by atoms with Gasteiger partial charge >= 0.3 is 5.97 Å². The van der Waals surface area contributed by atoms with E-state index in [1.807, 2.05) is 35.2 Å². The van der Waals surface area contributed by atoms with Crippen molar-refractivity contribution < 1.29 is 58.2 Å². The van der Waals surface area contributed by atoms with Crippen molar-refractivity contribution in [3.05, 3.63) is 142 Å². The van der Waals surface area contributed by atoms with E-state index in [4.69, 9.17) is 0 Å². The first-order chi connectivity index (χ1) is 22.1. The van der Waals surface area contributed by atoms with Crippen molar-refractivity contribution in [2.24, 2.45) is 4.99 Å². The van der Waals surface area contributed by atoms with Crippen LogP contribution in [-0.2, 0) is 32.6 Å². The van der Waals surface area contributed by atoms with Gasteiger partial charge in [-0.3, -0.25) is 9.89 Å². The number of hydrogen-bond donors (Lipinski definition) is 2. The Morgan fingerprint density at radius 3 is 2.00 bits per heavy atom. The van der Waals surface area contributed by atoms with Gasteiger partial charge in [0.1, 0.15) is 6.10 Å². The van der Waals surface area contributed by atoms with E-state index in [0.717, 1.165) is 12.0 Å². The normalized spacial score (nSPS) is 16.3. The molecule has 1 fully saturated rings. The fourth-order valence-electron chi connectivity index (χ4n) is 5.41. The Morgan fingerprint density at radius 2 is 1.38 bits per heavy atom. The second-order valence-corrected chi connectivity index (χ2v) is 10.6. The van der Waals surface area contributed by atoms with Crippen LogP contribution in [0.4, 0.5) is 27.6 Å². The minimum absolute atomic E-state index is 0. The molecule has 0 aliphatic carbocycles.